The van der Waals surface area contributed by atoms with Crippen molar-refractivity contribution in [3.63, 3.8) is 0 Å². The second kappa shape index (κ2) is 10.3. The van der Waals surface area contributed by atoms with Crippen LogP contribution in [0.15, 0.2) is 91.3 Å². The van der Waals surface area contributed by atoms with Crippen LogP contribution in [-0.2, 0) is 30.8 Å². The number of carbonyl (C=O) groups is 2. The Morgan fingerprint density at radius 1 is 0.914 bits per heavy atom. The molecule has 5 rings (SSSR count). The van der Waals surface area contributed by atoms with E-state index in [1.807, 2.05) is 48.5 Å². The summed E-state index contributed by atoms with van der Waals surface area (Å²) in [4.78, 5) is 27.2. The summed E-state index contributed by atoms with van der Waals surface area (Å²) < 4.78 is 1.56. The number of amides is 2. The third-order valence-corrected chi connectivity index (χ3v) is 6.15. The molecule has 7 nitrogen and oxygen atoms in total. The third-order valence-electron chi connectivity index (χ3n) is 6.15. The molecule has 2 heterocycles. The lowest BCUT2D eigenvalue weighted by Crippen LogP contribution is -2.30. The van der Waals surface area contributed by atoms with Crippen molar-refractivity contribution >= 4 is 23.2 Å². The molecule has 176 valence electrons. The Morgan fingerprint density at radius 3 is 2.54 bits per heavy atom. The first-order valence-electron chi connectivity index (χ1n) is 11.7. The summed E-state index contributed by atoms with van der Waals surface area (Å²) in [6.07, 6.45) is 4.40. The van der Waals surface area contributed by atoms with Gasteiger partial charge in [-0.1, -0.05) is 36.4 Å². The number of benzene rings is 3. The molecule has 0 radical (unpaired) electrons. The van der Waals surface area contributed by atoms with Gasteiger partial charge in [0.05, 0.1) is 0 Å². The molecule has 2 amide bonds. The predicted molar refractivity (Wildman–Crippen MR) is 136 cm³/mol. The topological polar surface area (TPSA) is 79.3 Å². The quantitative estimate of drug-likeness (QED) is 0.432. The molecule has 2 N–H and O–H groups in total. The Morgan fingerprint density at radius 2 is 1.74 bits per heavy atom. The van der Waals surface area contributed by atoms with Crippen LogP contribution in [0.25, 0.3) is 0 Å². The van der Waals surface area contributed by atoms with Gasteiger partial charge in [0.1, 0.15) is 6.54 Å². The van der Waals surface area contributed by atoms with Crippen molar-refractivity contribution in [2.75, 3.05) is 16.8 Å². The average molecular weight is 466 g/mol. The lowest BCUT2D eigenvalue weighted by atomic mass is 9.99. The van der Waals surface area contributed by atoms with Gasteiger partial charge in [0.2, 0.25) is 5.91 Å². The van der Waals surface area contributed by atoms with E-state index in [4.69, 9.17) is 0 Å². The van der Waals surface area contributed by atoms with Crippen LogP contribution in [0.3, 0.4) is 0 Å². The van der Waals surface area contributed by atoms with Gasteiger partial charge in [0.15, 0.2) is 0 Å². The highest BCUT2D eigenvalue weighted by Crippen LogP contribution is 2.24. The summed E-state index contributed by atoms with van der Waals surface area (Å²) >= 11 is 0. The van der Waals surface area contributed by atoms with Crippen LogP contribution in [0.5, 0.6) is 0 Å². The maximum absolute atomic E-state index is 12.7. The maximum atomic E-state index is 12.7. The molecule has 0 saturated carbocycles. The van der Waals surface area contributed by atoms with Crippen LogP contribution in [0.4, 0.5) is 11.4 Å². The van der Waals surface area contributed by atoms with E-state index in [9.17, 15) is 9.59 Å². The van der Waals surface area contributed by atoms with Crippen LogP contribution in [-0.4, -0.2) is 28.1 Å². The van der Waals surface area contributed by atoms with Gasteiger partial charge in [-0.3, -0.25) is 14.3 Å². The van der Waals surface area contributed by atoms with Crippen LogP contribution in [0, 0.1) is 0 Å². The van der Waals surface area contributed by atoms with E-state index in [1.165, 1.54) is 11.1 Å². The lowest BCUT2D eigenvalue weighted by molar-refractivity contribution is -0.116. The fourth-order valence-corrected chi connectivity index (χ4v) is 4.32. The summed E-state index contributed by atoms with van der Waals surface area (Å²) in [6.45, 7) is 2.37. The first-order chi connectivity index (χ1) is 17.1. The summed E-state index contributed by atoms with van der Waals surface area (Å²) in [5.74, 6) is -0.291. The molecular formula is C28H27N5O2. The second-order valence-electron chi connectivity index (χ2n) is 8.62. The summed E-state index contributed by atoms with van der Waals surface area (Å²) in [6, 6.07) is 25.6. The van der Waals surface area contributed by atoms with Crippen LogP contribution in [0.1, 0.15) is 27.0 Å². The molecule has 4 aromatic rings. The molecule has 0 atom stereocenters. The zero-order valence-electron chi connectivity index (χ0n) is 19.4. The molecule has 0 saturated heterocycles. The van der Waals surface area contributed by atoms with Crippen molar-refractivity contribution in [2.45, 2.75) is 26.1 Å². The normalized spacial score (nSPS) is 12.6. The first kappa shape index (κ1) is 22.4. The molecule has 35 heavy (non-hydrogen) atoms. The highest BCUT2D eigenvalue weighted by molar-refractivity contribution is 5.94. The van der Waals surface area contributed by atoms with Crippen LogP contribution < -0.4 is 15.5 Å². The first-order valence-corrected chi connectivity index (χ1v) is 11.7. The number of carbonyl (C=O) groups excluding carboxylic acids is 2. The van der Waals surface area contributed by atoms with E-state index < -0.39 is 0 Å². The standard InChI is InChI=1S/C28H27N5O2/c34-27(20-33-15-4-14-30-33)31-25-8-3-5-21(17-25)18-29-28(35)23-9-11-26(12-10-23)32-16-13-22-6-1-2-7-24(22)19-32/h1-12,14-15,17H,13,16,18-20H2,(H,29,35)(H,31,34). The Bertz CT molecular complexity index is 1320. The molecule has 1 aliphatic rings. The fourth-order valence-electron chi connectivity index (χ4n) is 4.32. The Hall–Kier alpha value is -4.39. The monoisotopic (exact) mass is 465 g/mol. The lowest BCUT2D eigenvalue weighted by Gasteiger charge is -2.30. The van der Waals surface area contributed by atoms with Gasteiger partial charge in [0, 0.05) is 49.0 Å². The highest BCUT2D eigenvalue weighted by atomic mass is 16.2. The second-order valence-corrected chi connectivity index (χ2v) is 8.62. The minimum absolute atomic E-state index is 0.131. The van der Waals surface area contributed by atoms with E-state index in [0.29, 0.717) is 17.8 Å². The molecule has 0 spiro atoms. The van der Waals surface area contributed by atoms with Crippen molar-refractivity contribution in [3.8, 4) is 0 Å². The minimum Gasteiger partial charge on any atom is -0.367 e. The zero-order valence-corrected chi connectivity index (χ0v) is 19.4. The largest absolute Gasteiger partial charge is 0.367 e. The number of hydrogen-bond acceptors (Lipinski definition) is 4. The van der Waals surface area contributed by atoms with Crippen molar-refractivity contribution in [2.24, 2.45) is 0 Å². The van der Waals surface area contributed by atoms with E-state index in [2.05, 4.69) is 44.9 Å². The number of anilines is 2. The van der Waals surface area contributed by atoms with Crippen molar-refractivity contribution in [3.05, 3.63) is 114 Å². The highest BCUT2D eigenvalue weighted by Gasteiger charge is 2.16. The minimum atomic E-state index is -0.160. The van der Waals surface area contributed by atoms with Crippen molar-refractivity contribution < 1.29 is 9.59 Å². The van der Waals surface area contributed by atoms with Gasteiger partial charge in [-0.05, 0) is 65.6 Å². The molecule has 0 aliphatic carbocycles. The molecule has 1 aliphatic heterocycles. The number of aromatic nitrogens is 2. The van der Waals surface area contributed by atoms with E-state index in [1.54, 1.807) is 23.1 Å². The zero-order chi connectivity index (χ0) is 24.0. The molecule has 1 aromatic heterocycles. The molecule has 0 fully saturated rings. The van der Waals surface area contributed by atoms with Gasteiger partial charge in [0.25, 0.3) is 5.91 Å². The van der Waals surface area contributed by atoms with Crippen molar-refractivity contribution in [1.82, 2.24) is 15.1 Å². The Balaban J connectivity index is 1.15. The van der Waals surface area contributed by atoms with E-state index in [-0.39, 0.29) is 18.4 Å². The van der Waals surface area contributed by atoms with Crippen LogP contribution >= 0.6 is 0 Å². The molecule has 0 bridgehead atoms. The summed E-state index contributed by atoms with van der Waals surface area (Å²) in [7, 11) is 0. The van der Waals surface area contributed by atoms with Gasteiger partial charge in [-0.2, -0.15) is 5.10 Å². The number of nitrogens with one attached hydrogen (secondary N) is 2. The summed E-state index contributed by atoms with van der Waals surface area (Å²) in [5.41, 5.74) is 6.10. The van der Waals surface area contributed by atoms with Gasteiger partial charge < -0.3 is 15.5 Å². The number of nitrogens with zero attached hydrogens (tertiary/aromatic N) is 3. The number of rotatable bonds is 7. The van der Waals surface area contributed by atoms with E-state index >= 15 is 0 Å². The number of fused-ring (bicyclic) bond motifs is 1. The Labute approximate surface area is 204 Å². The SMILES string of the molecule is O=C(Cn1cccn1)Nc1cccc(CNC(=O)c2ccc(N3CCc4ccccc4C3)cc2)c1. The van der Waals surface area contributed by atoms with Crippen LogP contribution in [0.2, 0.25) is 0 Å². The molecule has 7 heteroatoms. The Kier molecular flexibility index (Phi) is 6.57. The predicted octanol–water partition coefficient (Wildman–Crippen LogP) is 4.01. The third kappa shape index (κ3) is 5.58. The smallest absolute Gasteiger partial charge is 0.251 e. The molecule has 3 aromatic carbocycles. The summed E-state index contributed by atoms with van der Waals surface area (Å²) in [5, 5.41) is 9.87. The molecular weight excluding hydrogens is 438 g/mol. The number of hydrogen-bond donors (Lipinski definition) is 2. The fraction of sp³-hybridized carbons (Fsp3) is 0.179. The maximum Gasteiger partial charge on any atom is 0.251 e. The van der Waals surface area contributed by atoms with Crippen molar-refractivity contribution in [1.29, 1.82) is 0 Å². The molecule has 0 unspecified atom stereocenters. The van der Waals surface area contributed by atoms with Gasteiger partial charge >= 0.3 is 0 Å². The van der Waals surface area contributed by atoms with Gasteiger partial charge in [-0.15, -0.1) is 0 Å². The van der Waals surface area contributed by atoms with E-state index in [0.717, 1.165) is 30.8 Å². The van der Waals surface area contributed by atoms with Gasteiger partial charge in [-0.25, -0.2) is 0 Å². The average Bonchev–Trinajstić information content (AvgIpc) is 3.40.